The molecule has 0 aliphatic carbocycles. The van der Waals surface area contributed by atoms with E-state index in [1.807, 2.05) is 0 Å². The van der Waals surface area contributed by atoms with E-state index in [1.165, 1.54) is 19.3 Å². The SMILES string of the molecule is CC1(c2ccco2)NC(=O)N(CC(O)c2cc(F)ccc2F)C1=O. The molecule has 1 fully saturated rings. The predicted molar refractivity (Wildman–Crippen MR) is 77.6 cm³/mol. The second-order valence-corrected chi connectivity index (χ2v) is 5.63. The van der Waals surface area contributed by atoms with Crippen LogP contribution < -0.4 is 5.32 Å². The Balaban J connectivity index is 1.84. The van der Waals surface area contributed by atoms with E-state index in [1.54, 1.807) is 6.07 Å². The van der Waals surface area contributed by atoms with Crippen molar-refractivity contribution in [1.82, 2.24) is 10.2 Å². The molecule has 1 aliphatic rings. The van der Waals surface area contributed by atoms with Crippen LogP contribution >= 0.6 is 0 Å². The summed E-state index contributed by atoms with van der Waals surface area (Å²) >= 11 is 0. The molecule has 3 rings (SSSR count). The number of halogens is 2. The van der Waals surface area contributed by atoms with Crippen LogP contribution in [0.5, 0.6) is 0 Å². The summed E-state index contributed by atoms with van der Waals surface area (Å²) in [5.74, 6) is -1.99. The number of β-amino-alcohol motifs (C(OH)–C–C–N with tert-alkyl or cyclic N) is 1. The Hall–Kier alpha value is -2.74. The zero-order valence-corrected chi connectivity index (χ0v) is 12.6. The monoisotopic (exact) mass is 336 g/mol. The summed E-state index contributed by atoms with van der Waals surface area (Å²) in [7, 11) is 0. The molecule has 2 atom stereocenters. The van der Waals surface area contributed by atoms with E-state index < -0.39 is 41.8 Å². The van der Waals surface area contributed by atoms with Gasteiger partial charge in [-0.1, -0.05) is 0 Å². The van der Waals surface area contributed by atoms with Crippen molar-refractivity contribution in [3.8, 4) is 0 Å². The number of aliphatic hydroxyl groups excluding tert-OH is 1. The lowest BCUT2D eigenvalue weighted by atomic mass is 9.99. The summed E-state index contributed by atoms with van der Waals surface area (Å²) in [5, 5.41) is 12.6. The van der Waals surface area contributed by atoms with Crippen molar-refractivity contribution in [2.24, 2.45) is 0 Å². The summed E-state index contributed by atoms with van der Waals surface area (Å²) in [4.78, 5) is 25.4. The van der Waals surface area contributed by atoms with E-state index in [2.05, 4.69) is 5.32 Å². The van der Waals surface area contributed by atoms with Crippen molar-refractivity contribution in [3.05, 3.63) is 59.6 Å². The first-order valence-electron chi connectivity index (χ1n) is 7.14. The number of urea groups is 1. The molecule has 24 heavy (non-hydrogen) atoms. The van der Waals surface area contributed by atoms with Gasteiger partial charge in [-0.05, 0) is 37.3 Å². The van der Waals surface area contributed by atoms with Crippen molar-refractivity contribution in [2.45, 2.75) is 18.6 Å². The highest BCUT2D eigenvalue weighted by Gasteiger charge is 2.51. The molecule has 1 aromatic heterocycles. The standard InChI is InChI=1S/C16H14F2N2O4/c1-16(13-3-2-6-24-13)14(22)20(15(23)19-16)8-12(21)10-7-9(17)4-5-11(10)18/h2-7,12,21H,8H2,1H3,(H,19,23). The predicted octanol–water partition coefficient (Wildman–Crippen LogP) is 2.06. The van der Waals surface area contributed by atoms with E-state index in [-0.39, 0.29) is 11.3 Å². The average Bonchev–Trinajstić information content (AvgIpc) is 3.14. The normalized spacial score (nSPS) is 21.9. The van der Waals surface area contributed by atoms with Crippen LogP contribution in [0.3, 0.4) is 0 Å². The Morgan fingerprint density at radius 1 is 1.33 bits per heavy atom. The number of hydrogen-bond donors (Lipinski definition) is 2. The first kappa shape index (κ1) is 16.1. The van der Waals surface area contributed by atoms with Crippen LogP contribution in [0.15, 0.2) is 41.0 Å². The molecular formula is C16H14F2N2O4. The van der Waals surface area contributed by atoms with Gasteiger partial charge in [-0.15, -0.1) is 0 Å². The summed E-state index contributed by atoms with van der Waals surface area (Å²) in [6.45, 7) is 0.947. The van der Waals surface area contributed by atoms with Gasteiger partial charge in [0.15, 0.2) is 5.54 Å². The number of nitrogens with one attached hydrogen (secondary N) is 1. The molecule has 2 heterocycles. The van der Waals surface area contributed by atoms with Gasteiger partial charge in [-0.3, -0.25) is 9.69 Å². The van der Waals surface area contributed by atoms with Crippen LogP contribution in [-0.2, 0) is 10.3 Å². The quantitative estimate of drug-likeness (QED) is 0.837. The minimum atomic E-state index is -1.56. The number of carbonyl (C=O) groups is 2. The molecule has 2 N–H and O–H groups in total. The second kappa shape index (κ2) is 5.72. The molecule has 126 valence electrons. The minimum Gasteiger partial charge on any atom is -0.466 e. The van der Waals surface area contributed by atoms with Crippen LogP contribution in [-0.4, -0.2) is 28.5 Å². The zero-order valence-electron chi connectivity index (χ0n) is 12.6. The van der Waals surface area contributed by atoms with E-state index in [4.69, 9.17) is 4.42 Å². The highest BCUT2D eigenvalue weighted by Crippen LogP contribution is 2.30. The maximum absolute atomic E-state index is 13.7. The summed E-state index contributed by atoms with van der Waals surface area (Å²) in [6, 6.07) is 4.95. The van der Waals surface area contributed by atoms with E-state index >= 15 is 0 Å². The fourth-order valence-electron chi connectivity index (χ4n) is 2.63. The van der Waals surface area contributed by atoms with Gasteiger partial charge in [0.25, 0.3) is 5.91 Å². The van der Waals surface area contributed by atoms with Crippen molar-refractivity contribution < 1.29 is 27.9 Å². The molecule has 8 heteroatoms. The van der Waals surface area contributed by atoms with Crippen molar-refractivity contribution >= 4 is 11.9 Å². The maximum atomic E-state index is 13.7. The highest BCUT2D eigenvalue weighted by atomic mass is 19.1. The van der Waals surface area contributed by atoms with Gasteiger partial charge in [0.05, 0.1) is 12.8 Å². The van der Waals surface area contributed by atoms with Crippen LogP contribution in [0.1, 0.15) is 24.4 Å². The molecule has 0 saturated carbocycles. The van der Waals surface area contributed by atoms with Crippen LogP contribution in [0, 0.1) is 11.6 Å². The first-order chi connectivity index (χ1) is 11.3. The number of nitrogens with zero attached hydrogens (tertiary/aromatic N) is 1. The lowest BCUT2D eigenvalue weighted by Gasteiger charge is -2.21. The molecule has 0 bridgehead atoms. The molecule has 3 amide bonds. The number of imide groups is 1. The number of benzene rings is 1. The Kier molecular flexibility index (Phi) is 3.84. The van der Waals surface area contributed by atoms with Gasteiger partial charge in [0.2, 0.25) is 0 Å². The van der Waals surface area contributed by atoms with Gasteiger partial charge >= 0.3 is 6.03 Å². The largest absolute Gasteiger partial charge is 0.466 e. The summed E-state index contributed by atoms with van der Waals surface area (Å²) in [6.07, 6.45) is -0.200. The van der Waals surface area contributed by atoms with E-state index in [0.29, 0.717) is 0 Å². The van der Waals surface area contributed by atoms with Crippen LogP contribution in [0.2, 0.25) is 0 Å². The third-order valence-electron chi connectivity index (χ3n) is 3.96. The molecule has 1 saturated heterocycles. The number of rotatable bonds is 4. The third kappa shape index (κ3) is 2.54. The fourth-order valence-corrected chi connectivity index (χ4v) is 2.63. The van der Waals surface area contributed by atoms with Gasteiger partial charge < -0.3 is 14.8 Å². The van der Waals surface area contributed by atoms with Crippen molar-refractivity contribution in [3.63, 3.8) is 0 Å². The molecular weight excluding hydrogens is 322 g/mol. The van der Waals surface area contributed by atoms with Gasteiger partial charge in [0.1, 0.15) is 23.5 Å². The molecule has 2 aromatic rings. The molecule has 6 nitrogen and oxygen atoms in total. The van der Waals surface area contributed by atoms with Gasteiger partial charge in [-0.25, -0.2) is 13.6 Å². The number of hydrogen-bond acceptors (Lipinski definition) is 4. The van der Waals surface area contributed by atoms with Crippen LogP contribution in [0.25, 0.3) is 0 Å². The number of aliphatic hydroxyl groups is 1. The Morgan fingerprint density at radius 3 is 2.75 bits per heavy atom. The maximum Gasteiger partial charge on any atom is 0.325 e. The molecule has 0 radical (unpaired) electrons. The Labute approximate surface area is 135 Å². The topological polar surface area (TPSA) is 82.8 Å². The van der Waals surface area contributed by atoms with E-state index in [9.17, 15) is 23.5 Å². The minimum absolute atomic E-state index is 0.231. The number of carbonyl (C=O) groups excluding carboxylic acids is 2. The molecule has 1 aliphatic heterocycles. The van der Waals surface area contributed by atoms with E-state index in [0.717, 1.165) is 23.1 Å². The Bertz CT molecular complexity index is 793. The fraction of sp³-hybridized carbons (Fsp3) is 0.250. The lowest BCUT2D eigenvalue weighted by molar-refractivity contribution is -0.132. The summed E-state index contributed by atoms with van der Waals surface area (Å²) < 4.78 is 32.1. The number of furan rings is 1. The van der Waals surface area contributed by atoms with Crippen molar-refractivity contribution in [1.29, 1.82) is 0 Å². The molecule has 1 aromatic carbocycles. The molecule has 0 spiro atoms. The van der Waals surface area contributed by atoms with Gasteiger partial charge in [-0.2, -0.15) is 0 Å². The van der Waals surface area contributed by atoms with Crippen molar-refractivity contribution in [2.75, 3.05) is 6.54 Å². The molecule has 2 unspecified atom stereocenters. The zero-order chi connectivity index (χ0) is 17.5. The third-order valence-corrected chi connectivity index (χ3v) is 3.96. The second-order valence-electron chi connectivity index (χ2n) is 5.63. The smallest absolute Gasteiger partial charge is 0.325 e. The Morgan fingerprint density at radius 2 is 2.08 bits per heavy atom. The van der Waals surface area contributed by atoms with Crippen LogP contribution in [0.4, 0.5) is 13.6 Å². The van der Waals surface area contributed by atoms with Gasteiger partial charge in [0, 0.05) is 5.56 Å². The summed E-state index contributed by atoms with van der Waals surface area (Å²) in [5.41, 5.74) is -1.75. The first-order valence-corrected chi connectivity index (χ1v) is 7.14. The average molecular weight is 336 g/mol. The highest BCUT2D eigenvalue weighted by molar-refractivity contribution is 6.06. The lowest BCUT2D eigenvalue weighted by Crippen LogP contribution is -2.41. The number of amides is 3.